The lowest BCUT2D eigenvalue weighted by atomic mass is 9.87. The highest BCUT2D eigenvalue weighted by Gasteiger charge is 2.54. The van der Waals surface area contributed by atoms with E-state index in [1.807, 2.05) is 0 Å². The fraction of sp³-hybridized carbons (Fsp3) is 0.556. The predicted molar refractivity (Wildman–Crippen MR) is 56.2 cm³/mol. The second kappa shape index (κ2) is 3.24. The van der Waals surface area contributed by atoms with Gasteiger partial charge < -0.3 is 15.7 Å². The molecule has 3 N–H and O–H groups in total. The van der Waals surface area contributed by atoms with Crippen molar-refractivity contribution in [2.45, 2.75) is 11.4 Å². The van der Waals surface area contributed by atoms with Crippen LogP contribution in [0.2, 0.25) is 0 Å². The standard InChI is InChI=1S/C9H12N2O3S/c1-2-9(8(13)14)3-11-6(12)5(10)7(11)15-4-9/h2,5,7H,1,3-4,10H2,(H,13,14)/t5?,7-,9?/m1/s1. The van der Waals surface area contributed by atoms with Crippen molar-refractivity contribution in [1.82, 2.24) is 4.90 Å². The van der Waals surface area contributed by atoms with Crippen LogP contribution in [0.5, 0.6) is 0 Å². The number of aliphatic carboxylic acids is 1. The first-order chi connectivity index (χ1) is 7.02. The van der Waals surface area contributed by atoms with Crippen molar-refractivity contribution in [2.75, 3.05) is 12.3 Å². The number of thioether (sulfide) groups is 1. The molecule has 1 amide bonds. The number of β-lactam (4-membered cyclic amide) rings is 1. The fourth-order valence-corrected chi connectivity index (χ4v) is 3.32. The summed E-state index contributed by atoms with van der Waals surface area (Å²) in [6.45, 7) is 3.73. The number of rotatable bonds is 2. The average Bonchev–Trinajstić information content (AvgIpc) is 2.26. The Labute approximate surface area is 91.3 Å². The molecule has 15 heavy (non-hydrogen) atoms. The maximum Gasteiger partial charge on any atom is 0.316 e. The van der Waals surface area contributed by atoms with E-state index in [0.29, 0.717) is 5.75 Å². The number of carboxylic acids is 1. The van der Waals surface area contributed by atoms with Gasteiger partial charge >= 0.3 is 5.97 Å². The fourth-order valence-electron chi connectivity index (χ4n) is 1.84. The third-order valence-corrected chi connectivity index (χ3v) is 4.53. The molecule has 0 aliphatic carbocycles. The molecule has 3 atom stereocenters. The number of nitrogens with two attached hydrogens (primary N) is 1. The first-order valence-electron chi connectivity index (χ1n) is 4.56. The van der Waals surface area contributed by atoms with Crippen LogP contribution in [0.3, 0.4) is 0 Å². The second-order valence-corrected chi connectivity index (χ2v) is 4.96. The highest BCUT2D eigenvalue weighted by Crippen LogP contribution is 2.41. The van der Waals surface area contributed by atoms with Crippen molar-refractivity contribution in [3.8, 4) is 0 Å². The van der Waals surface area contributed by atoms with Crippen molar-refractivity contribution in [3.63, 3.8) is 0 Å². The molecule has 6 heteroatoms. The quantitative estimate of drug-likeness (QED) is 0.491. The van der Waals surface area contributed by atoms with Crippen LogP contribution >= 0.6 is 11.8 Å². The van der Waals surface area contributed by atoms with Gasteiger partial charge in [0.1, 0.15) is 16.8 Å². The molecule has 5 nitrogen and oxygen atoms in total. The van der Waals surface area contributed by atoms with Gasteiger partial charge in [0, 0.05) is 12.3 Å². The molecular formula is C9H12N2O3S. The van der Waals surface area contributed by atoms with E-state index >= 15 is 0 Å². The van der Waals surface area contributed by atoms with Crippen LogP contribution in [0.1, 0.15) is 0 Å². The van der Waals surface area contributed by atoms with Gasteiger partial charge in [0.05, 0.1) is 0 Å². The van der Waals surface area contributed by atoms with Crippen molar-refractivity contribution >= 4 is 23.6 Å². The van der Waals surface area contributed by atoms with E-state index in [1.165, 1.54) is 22.7 Å². The SMILES string of the molecule is C=CC1(C(=O)O)CS[C@@H]2C(N)C(=O)N2C1. The highest BCUT2D eigenvalue weighted by molar-refractivity contribution is 8.00. The zero-order valence-corrected chi connectivity index (χ0v) is 8.87. The summed E-state index contributed by atoms with van der Waals surface area (Å²) in [6, 6.07) is -0.466. The van der Waals surface area contributed by atoms with Gasteiger partial charge in [0.2, 0.25) is 5.91 Å². The lowest BCUT2D eigenvalue weighted by molar-refractivity contribution is -0.153. The van der Waals surface area contributed by atoms with Crippen molar-refractivity contribution in [3.05, 3.63) is 12.7 Å². The summed E-state index contributed by atoms with van der Waals surface area (Å²) in [4.78, 5) is 24.0. The molecule has 2 unspecified atom stereocenters. The number of hydrogen-bond acceptors (Lipinski definition) is 4. The predicted octanol–water partition coefficient (Wildman–Crippen LogP) is -0.514. The van der Waals surface area contributed by atoms with Crippen molar-refractivity contribution in [1.29, 1.82) is 0 Å². The molecule has 2 aliphatic heterocycles. The minimum absolute atomic E-state index is 0.0510. The molecule has 0 bridgehead atoms. The van der Waals surface area contributed by atoms with Crippen LogP contribution in [0.4, 0.5) is 0 Å². The van der Waals surface area contributed by atoms with Gasteiger partial charge in [0.25, 0.3) is 0 Å². The molecule has 2 fully saturated rings. The molecule has 2 heterocycles. The molecule has 2 aliphatic rings. The topological polar surface area (TPSA) is 83.6 Å². The Morgan fingerprint density at radius 3 is 3.00 bits per heavy atom. The third kappa shape index (κ3) is 1.28. The average molecular weight is 228 g/mol. The van der Waals surface area contributed by atoms with E-state index in [0.717, 1.165) is 0 Å². The van der Waals surface area contributed by atoms with Gasteiger partial charge in [-0.15, -0.1) is 18.3 Å². The van der Waals surface area contributed by atoms with Gasteiger partial charge in [-0.2, -0.15) is 0 Å². The number of carbonyl (C=O) groups excluding carboxylic acids is 1. The Kier molecular flexibility index (Phi) is 2.27. The summed E-state index contributed by atoms with van der Waals surface area (Å²) in [5.41, 5.74) is 4.58. The van der Waals surface area contributed by atoms with Gasteiger partial charge in [-0.1, -0.05) is 6.08 Å². The van der Waals surface area contributed by atoms with Crippen LogP contribution in [-0.4, -0.2) is 45.6 Å². The first-order valence-corrected chi connectivity index (χ1v) is 5.61. The summed E-state index contributed by atoms with van der Waals surface area (Å²) < 4.78 is 0. The van der Waals surface area contributed by atoms with Crippen LogP contribution in [0.25, 0.3) is 0 Å². The Morgan fingerprint density at radius 1 is 1.80 bits per heavy atom. The molecule has 0 spiro atoms. The smallest absolute Gasteiger partial charge is 0.316 e. The number of carboxylic acid groups (broad SMARTS) is 1. The van der Waals surface area contributed by atoms with Crippen LogP contribution < -0.4 is 5.73 Å². The lowest BCUT2D eigenvalue weighted by Crippen LogP contribution is -2.71. The van der Waals surface area contributed by atoms with Gasteiger partial charge in [-0.3, -0.25) is 9.59 Å². The van der Waals surface area contributed by atoms with Crippen molar-refractivity contribution in [2.24, 2.45) is 11.1 Å². The zero-order valence-electron chi connectivity index (χ0n) is 8.05. The maximum absolute atomic E-state index is 11.4. The van der Waals surface area contributed by atoms with E-state index in [2.05, 4.69) is 6.58 Å². The molecule has 0 saturated carbocycles. The highest BCUT2D eigenvalue weighted by atomic mass is 32.2. The van der Waals surface area contributed by atoms with E-state index in [9.17, 15) is 9.59 Å². The Hall–Kier alpha value is -1.01. The van der Waals surface area contributed by atoms with Gasteiger partial charge in [-0.05, 0) is 0 Å². The number of fused-ring (bicyclic) bond motifs is 1. The molecule has 0 aromatic heterocycles. The van der Waals surface area contributed by atoms with E-state index in [1.54, 1.807) is 0 Å². The normalized spacial score (nSPS) is 39.3. The van der Waals surface area contributed by atoms with Gasteiger partial charge in [-0.25, -0.2) is 0 Å². The Morgan fingerprint density at radius 2 is 2.47 bits per heavy atom. The maximum atomic E-state index is 11.4. The third-order valence-electron chi connectivity index (χ3n) is 2.96. The molecular weight excluding hydrogens is 216 g/mol. The largest absolute Gasteiger partial charge is 0.481 e. The first kappa shape index (κ1) is 10.5. The number of carbonyl (C=O) groups is 2. The summed E-state index contributed by atoms with van der Waals surface area (Å²) >= 11 is 1.41. The van der Waals surface area contributed by atoms with E-state index < -0.39 is 17.4 Å². The zero-order chi connectivity index (χ0) is 11.2. The van der Waals surface area contributed by atoms with Gasteiger partial charge in [0.15, 0.2) is 0 Å². The number of amides is 1. The Balaban J connectivity index is 2.19. The van der Waals surface area contributed by atoms with Crippen LogP contribution in [0, 0.1) is 5.41 Å². The molecule has 2 rings (SSSR count). The number of hydrogen-bond donors (Lipinski definition) is 2. The summed E-state index contributed by atoms with van der Waals surface area (Å²) in [6.07, 6.45) is 1.41. The molecule has 0 aromatic rings. The van der Waals surface area contributed by atoms with E-state index in [-0.39, 0.29) is 17.8 Å². The lowest BCUT2D eigenvalue weighted by Gasteiger charge is -2.52. The molecule has 0 radical (unpaired) electrons. The summed E-state index contributed by atoms with van der Waals surface area (Å²) in [5, 5.41) is 9.06. The van der Waals surface area contributed by atoms with Crippen molar-refractivity contribution < 1.29 is 14.7 Å². The minimum Gasteiger partial charge on any atom is -0.481 e. The Bertz CT molecular complexity index is 346. The summed E-state index contributed by atoms with van der Waals surface area (Å²) in [7, 11) is 0. The summed E-state index contributed by atoms with van der Waals surface area (Å²) in [5.74, 6) is -0.676. The monoisotopic (exact) mass is 228 g/mol. The van der Waals surface area contributed by atoms with E-state index in [4.69, 9.17) is 10.8 Å². The minimum atomic E-state index is -1.02. The number of nitrogens with zero attached hydrogens (tertiary/aromatic N) is 1. The molecule has 82 valence electrons. The molecule has 0 aromatic carbocycles. The van der Waals surface area contributed by atoms with Crippen LogP contribution in [-0.2, 0) is 9.59 Å². The molecule has 2 saturated heterocycles. The van der Waals surface area contributed by atoms with Crippen LogP contribution in [0.15, 0.2) is 12.7 Å². The second-order valence-electron chi connectivity index (χ2n) is 3.86.